The van der Waals surface area contributed by atoms with Crippen molar-refractivity contribution >= 4 is 30.4 Å². The molecule has 0 unspecified atom stereocenters. The lowest BCUT2D eigenvalue weighted by Crippen LogP contribution is -2.24. The van der Waals surface area contributed by atoms with Crippen molar-refractivity contribution in [3.05, 3.63) is 35.5 Å². The normalized spacial score (nSPS) is 17.0. The number of nitrogens with zero attached hydrogens (tertiary/aromatic N) is 2. The molecule has 1 aliphatic heterocycles. The van der Waals surface area contributed by atoms with Crippen LogP contribution in [0.15, 0.2) is 39.9 Å². The molecule has 1 aliphatic rings. The number of aliphatic imine (C=N–C) groups is 2. The molecule has 0 bridgehead atoms. The molecule has 0 saturated heterocycles. The Morgan fingerprint density at radius 2 is 2.00 bits per heavy atom. The lowest BCUT2D eigenvalue weighted by Gasteiger charge is -1.95. The van der Waals surface area contributed by atoms with E-state index >= 15 is 0 Å². The van der Waals surface area contributed by atoms with Gasteiger partial charge in [-0.1, -0.05) is 12.1 Å². The summed E-state index contributed by atoms with van der Waals surface area (Å²) in [6.45, 7) is 0. The number of phenols is 1. The average molecular weight is 243 g/mol. The number of nitrogens with one attached hydrogen (secondary N) is 1. The quantitative estimate of drug-likeness (QED) is 0.459. The number of aromatic hydroxyl groups is 1. The van der Waals surface area contributed by atoms with Crippen LogP contribution in [-0.2, 0) is 9.59 Å². The predicted molar refractivity (Wildman–Crippen MR) is 66.2 cm³/mol. The number of phenolic OH excluding ortho intramolecular Hbond substituents is 1. The molecule has 0 fully saturated rings. The molecule has 0 aromatic heterocycles. The van der Waals surface area contributed by atoms with E-state index in [4.69, 9.17) is 5.11 Å². The van der Waals surface area contributed by atoms with E-state index in [1.807, 2.05) is 0 Å². The maximum Gasteiger partial charge on any atom is 0.275 e. The topological polar surface area (TPSA) is 91.1 Å². The molecule has 6 heteroatoms. The van der Waals surface area contributed by atoms with Gasteiger partial charge in [0.25, 0.3) is 5.91 Å². The van der Waals surface area contributed by atoms with Gasteiger partial charge in [-0.2, -0.15) is 0 Å². The van der Waals surface area contributed by atoms with Gasteiger partial charge < -0.3 is 10.4 Å². The third-order valence-electron chi connectivity index (χ3n) is 2.17. The van der Waals surface area contributed by atoms with E-state index in [2.05, 4.69) is 15.3 Å². The zero-order valence-corrected chi connectivity index (χ0v) is 9.20. The number of carbonyl (C=O) groups is 2. The molecular formula is C12H9N3O3. The number of hydrogen-bond acceptors (Lipinski definition) is 4. The molecule has 90 valence electrons. The number of amidine groups is 1. The Morgan fingerprint density at radius 3 is 2.67 bits per heavy atom. The van der Waals surface area contributed by atoms with Gasteiger partial charge >= 0.3 is 0 Å². The van der Waals surface area contributed by atoms with Gasteiger partial charge in [-0.3, -0.25) is 9.59 Å². The molecule has 6 nitrogen and oxygen atoms in total. The standard InChI is InChI=1S/C12H9N3O3/c16-7-13-6-11-14-10(12(18)15-11)5-8-1-3-9(17)4-2-8/h1-7,17H,(H,14,15,18)/b10-5+,13-6?. The zero-order valence-electron chi connectivity index (χ0n) is 9.20. The summed E-state index contributed by atoms with van der Waals surface area (Å²) < 4.78 is 0. The first-order chi connectivity index (χ1) is 8.69. The van der Waals surface area contributed by atoms with Crippen molar-refractivity contribution in [1.82, 2.24) is 5.32 Å². The number of benzene rings is 1. The molecule has 1 heterocycles. The fourth-order valence-corrected chi connectivity index (χ4v) is 1.38. The second kappa shape index (κ2) is 5.05. The van der Waals surface area contributed by atoms with Crippen LogP contribution < -0.4 is 5.32 Å². The SMILES string of the molecule is O=CN=CC1=N/C(=C/c2ccc(O)cc2)C(=O)N1. The average Bonchev–Trinajstić information content (AvgIpc) is 2.70. The van der Waals surface area contributed by atoms with Gasteiger partial charge in [0.2, 0.25) is 6.41 Å². The highest BCUT2D eigenvalue weighted by Gasteiger charge is 2.18. The van der Waals surface area contributed by atoms with Gasteiger partial charge in [0.05, 0.1) is 6.21 Å². The predicted octanol–water partition coefficient (Wildman–Crippen LogP) is 0.489. The zero-order chi connectivity index (χ0) is 13.0. The lowest BCUT2D eigenvalue weighted by molar-refractivity contribution is -0.115. The van der Waals surface area contributed by atoms with Crippen LogP contribution in [0.2, 0.25) is 0 Å². The maximum absolute atomic E-state index is 11.5. The van der Waals surface area contributed by atoms with Crippen molar-refractivity contribution in [2.24, 2.45) is 9.98 Å². The lowest BCUT2D eigenvalue weighted by atomic mass is 10.2. The van der Waals surface area contributed by atoms with Crippen molar-refractivity contribution in [3.63, 3.8) is 0 Å². The molecule has 0 aliphatic carbocycles. The molecule has 0 radical (unpaired) electrons. The van der Waals surface area contributed by atoms with Crippen LogP contribution in [0.3, 0.4) is 0 Å². The van der Waals surface area contributed by atoms with E-state index < -0.39 is 0 Å². The highest BCUT2D eigenvalue weighted by Crippen LogP contribution is 2.15. The highest BCUT2D eigenvalue weighted by molar-refractivity contribution is 6.38. The highest BCUT2D eigenvalue weighted by atomic mass is 16.3. The van der Waals surface area contributed by atoms with Crippen LogP contribution in [-0.4, -0.2) is 29.5 Å². The number of rotatable bonds is 3. The van der Waals surface area contributed by atoms with Crippen molar-refractivity contribution in [1.29, 1.82) is 0 Å². The molecular weight excluding hydrogens is 234 g/mol. The summed E-state index contributed by atoms with van der Waals surface area (Å²) in [5.41, 5.74) is 0.948. The summed E-state index contributed by atoms with van der Waals surface area (Å²) >= 11 is 0. The van der Waals surface area contributed by atoms with Crippen LogP contribution in [0, 0.1) is 0 Å². The maximum atomic E-state index is 11.5. The first-order valence-electron chi connectivity index (χ1n) is 5.06. The van der Waals surface area contributed by atoms with E-state index in [1.165, 1.54) is 18.3 Å². The smallest absolute Gasteiger partial charge is 0.275 e. The fourth-order valence-electron chi connectivity index (χ4n) is 1.38. The van der Waals surface area contributed by atoms with Crippen LogP contribution in [0.4, 0.5) is 0 Å². The summed E-state index contributed by atoms with van der Waals surface area (Å²) in [6, 6.07) is 6.33. The minimum Gasteiger partial charge on any atom is -0.508 e. The molecule has 0 saturated carbocycles. The molecule has 2 rings (SSSR count). The molecule has 1 aromatic rings. The fraction of sp³-hybridized carbons (Fsp3) is 0. The summed E-state index contributed by atoms with van der Waals surface area (Å²) in [5.74, 6) is 0.00267. The number of amides is 2. The second-order valence-corrected chi connectivity index (χ2v) is 3.46. The van der Waals surface area contributed by atoms with E-state index in [0.717, 1.165) is 5.56 Å². The Hall–Kier alpha value is -2.76. The molecule has 1 aromatic carbocycles. The monoisotopic (exact) mass is 243 g/mol. The summed E-state index contributed by atoms with van der Waals surface area (Å²) in [4.78, 5) is 28.9. The molecule has 0 spiro atoms. The Bertz CT molecular complexity index is 571. The number of carbonyl (C=O) groups excluding carboxylic acids is 2. The minimum atomic E-state index is -0.365. The van der Waals surface area contributed by atoms with Crippen molar-refractivity contribution in [3.8, 4) is 5.75 Å². The van der Waals surface area contributed by atoms with Crippen molar-refractivity contribution < 1.29 is 14.7 Å². The Morgan fingerprint density at radius 1 is 1.28 bits per heavy atom. The largest absolute Gasteiger partial charge is 0.508 e. The summed E-state index contributed by atoms with van der Waals surface area (Å²) in [6.07, 6.45) is 3.09. The Kier molecular flexibility index (Phi) is 3.29. The molecule has 2 amide bonds. The van der Waals surface area contributed by atoms with E-state index in [0.29, 0.717) is 6.41 Å². The molecule has 0 atom stereocenters. The van der Waals surface area contributed by atoms with Crippen LogP contribution in [0.25, 0.3) is 6.08 Å². The summed E-state index contributed by atoms with van der Waals surface area (Å²) in [5, 5.41) is 11.6. The van der Waals surface area contributed by atoms with E-state index in [-0.39, 0.29) is 23.2 Å². The van der Waals surface area contributed by atoms with E-state index in [9.17, 15) is 9.59 Å². The van der Waals surface area contributed by atoms with Crippen molar-refractivity contribution in [2.45, 2.75) is 0 Å². The van der Waals surface area contributed by atoms with Gasteiger partial charge in [0, 0.05) is 0 Å². The van der Waals surface area contributed by atoms with Crippen molar-refractivity contribution in [2.75, 3.05) is 0 Å². The third kappa shape index (κ3) is 2.67. The van der Waals surface area contributed by atoms with Crippen LogP contribution >= 0.6 is 0 Å². The van der Waals surface area contributed by atoms with Gasteiger partial charge in [0.15, 0.2) is 5.84 Å². The Labute approximate surface area is 102 Å². The van der Waals surface area contributed by atoms with E-state index in [1.54, 1.807) is 18.2 Å². The van der Waals surface area contributed by atoms with Gasteiger partial charge in [-0.15, -0.1) is 0 Å². The van der Waals surface area contributed by atoms with Crippen LogP contribution in [0.1, 0.15) is 5.56 Å². The first kappa shape index (κ1) is 11.7. The molecule has 18 heavy (non-hydrogen) atoms. The third-order valence-corrected chi connectivity index (χ3v) is 2.17. The van der Waals surface area contributed by atoms with Crippen LogP contribution in [0.5, 0.6) is 5.75 Å². The van der Waals surface area contributed by atoms with Gasteiger partial charge in [-0.25, -0.2) is 9.98 Å². The van der Waals surface area contributed by atoms with Gasteiger partial charge in [0.1, 0.15) is 11.4 Å². The first-order valence-corrected chi connectivity index (χ1v) is 5.06. The molecule has 2 N–H and O–H groups in total. The second-order valence-electron chi connectivity index (χ2n) is 3.46. The Balaban J connectivity index is 2.25. The minimum absolute atomic E-state index is 0.148. The number of hydrogen-bond donors (Lipinski definition) is 2. The van der Waals surface area contributed by atoms with Gasteiger partial charge in [-0.05, 0) is 23.8 Å². The summed E-state index contributed by atoms with van der Waals surface area (Å²) in [7, 11) is 0.